The number of guanidine groups is 1. The first kappa shape index (κ1) is 19.6. The number of nitrogens with zero attached hydrogens (tertiary/aromatic N) is 2. The number of fused-ring (bicyclic) bond motifs is 1. The number of aliphatic imine (C=N–C) groups is 1. The number of hydrogen-bond donors (Lipinski definition) is 3. The van der Waals surface area contributed by atoms with Gasteiger partial charge in [0.1, 0.15) is 5.82 Å². The summed E-state index contributed by atoms with van der Waals surface area (Å²) in [6.07, 6.45) is 2.87. The second-order valence-electron chi connectivity index (χ2n) is 6.80. The van der Waals surface area contributed by atoms with Crippen molar-refractivity contribution in [1.29, 1.82) is 0 Å². The Morgan fingerprint density at radius 2 is 2.30 bits per heavy atom. The fraction of sp³-hybridized carbons (Fsp3) is 0.600. The van der Waals surface area contributed by atoms with Gasteiger partial charge >= 0.3 is 0 Å². The summed E-state index contributed by atoms with van der Waals surface area (Å²) >= 11 is 0. The number of aromatic nitrogens is 2. The van der Waals surface area contributed by atoms with Gasteiger partial charge in [-0.2, -0.15) is 0 Å². The molecule has 7 heteroatoms. The van der Waals surface area contributed by atoms with Crippen LogP contribution in [0.5, 0.6) is 0 Å². The summed E-state index contributed by atoms with van der Waals surface area (Å²) in [4.78, 5) is 12.6. The molecule has 0 saturated carbocycles. The molecule has 1 unspecified atom stereocenters. The first-order valence-electron chi connectivity index (χ1n) is 9.96. The molecule has 0 radical (unpaired) electrons. The van der Waals surface area contributed by atoms with E-state index < -0.39 is 0 Å². The molecule has 2 heterocycles. The maximum atomic E-state index is 5.72. The Morgan fingerprint density at radius 3 is 3.11 bits per heavy atom. The predicted octanol–water partition coefficient (Wildman–Crippen LogP) is 2.10. The minimum Gasteiger partial charge on any atom is -0.381 e. The third-order valence-electron chi connectivity index (χ3n) is 4.53. The molecule has 27 heavy (non-hydrogen) atoms. The van der Waals surface area contributed by atoms with Crippen LogP contribution in [0.15, 0.2) is 29.3 Å². The van der Waals surface area contributed by atoms with Crippen molar-refractivity contribution < 1.29 is 9.47 Å². The summed E-state index contributed by atoms with van der Waals surface area (Å²) in [6, 6.07) is 8.10. The highest BCUT2D eigenvalue weighted by atomic mass is 16.5. The molecule has 1 aromatic heterocycles. The number of H-pyrrole nitrogens is 1. The van der Waals surface area contributed by atoms with Gasteiger partial charge in [0.15, 0.2) is 5.96 Å². The quantitative estimate of drug-likeness (QED) is 0.337. The van der Waals surface area contributed by atoms with E-state index in [1.807, 2.05) is 24.3 Å². The smallest absolute Gasteiger partial charge is 0.191 e. The van der Waals surface area contributed by atoms with Crippen molar-refractivity contribution in [3.05, 3.63) is 30.1 Å². The Bertz CT molecular complexity index is 676. The molecule has 2 aromatic rings. The molecule has 1 saturated heterocycles. The lowest BCUT2D eigenvalue weighted by molar-refractivity contribution is 0.0893. The Hall–Kier alpha value is -2.12. The molecular formula is C20H31N5O2. The second-order valence-corrected chi connectivity index (χ2v) is 6.80. The third-order valence-corrected chi connectivity index (χ3v) is 4.53. The van der Waals surface area contributed by atoms with Gasteiger partial charge in [0.2, 0.25) is 0 Å². The number of hydrogen-bond acceptors (Lipinski definition) is 4. The number of nitrogens with one attached hydrogen (secondary N) is 3. The number of benzene rings is 1. The molecule has 148 valence electrons. The van der Waals surface area contributed by atoms with E-state index in [0.29, 0.717) is 5.92 Å². The highest BCUT2D eigenvalue weighted by Crippen LogP contribution is 2.12. The summed E-state index contributed by atoms with van der Waals surface area (Å²) < 4.78 is 11.1. The summed E-state index contributed by atoms with van der Waals surface area (Å²) in [5.74, 6) is 2.41. The molecule has 1 aliphatic rings. The second kappa shape index (κ2) is 10.9. The van der Waals surface area contributed by atoms with Crippen LogP contribution in [0.1, 0.15) is 25.6 Å². The zero-order valence-electron chi connectivity index (χ0n) is 16.2. The van der Waals surface area contributed by atoms with Crippen LogP contribution >= 0.6 is 0 Å². The largest absolute Gasteiger partial charge is 0.381 e. The Morgan fingerprint density at radius 1 is 1.37 bits per heavy atom. The van der Waals surface area contributed by atoms with Crippen LogP contribution in [0, 0.1) is 5.92 Å². The van der Waals surface area contributed by atoms with Gasteiger partial charge in [0.25, 0.3) is 0 Å². The normalized spacial score (nSPS) is 17.5. The average Bonchev–Trinajstić information content (AvgIpc) is 3.33. The predicted molar refractivity (Wildman–Crippen MR) is 108 cm³/mol. The minimum absolute atomic E-state index is 0.575. The van der Waals surface area contributed by atoms with Crippen molar-refractivity contribution in [3.63, 3.8) is 0 Å². The monoisotopic (exact) mass is 373 g/mol. The molecule has 1 atom stereocenters. The van der Waals surface area contributed by atoms with Gasteiger partial charge in [0, 0.05) is 45.2 Å². The van der Waals surface area contributed by atoms with Crippen LogP contribution < -0.4 is 10.6 Å². The van der Waals surface area contributed by atoms with E-state index in [9.17, 15) is 0 Å². The maximum absolute atomic E-state index is 5.72. The topological polar surface area (TPSA) is 83.6 Å². The van der Waals surface area contributed by atoms with Crippen LogP contribution in [-0.2, 0) is 15.9 Å². The number of imidazole rings is 1. The molecule has 1 fully saturated rings. The molecule has 3 N–H and O–H groups in total. The van der Waals surface area contributed by atoms with Crippen molar-refractivity contribution in [2.45, 2.75) is 26.2 Å². The molecule has 1 aliphatic heterocycles. The van der Waals surface area contributed by atoms with Gasteiger partial charge < -0.3 is 25.1 Å². The van der Waals surface area contributed by atoms with Crippen molar-refractivity contribution in [2.75, 3.05) is 46.1 Å². The number of aromatic amines is 1. The van der Waals surface area contributed by atoms with Crippen molar-refractivity contribution >= 4 is 17.0 Å². The van der Waals surface area contributed by atoms with Gasteiger partial charge in [-0.1, -0.05) is 12.1 Å². The lowest BCUT2D eigenvalue weighted by atomic mass is 10.1. The molecule has 0 bridgehead atoms. The summed E-state index contributed by atoms with van der Waals surface area (Å²) in [7, 11) is 0. The molecular weight excluding hydrogens is 342 g/mol. The average molecular weight is 374 g/mol. The molecule has 3 rings (SSSR count). The molecule has 7 nitrogen and oxygen atoms in total. The van der Waals surface area contributed by atoms with Gasteiger partial charge in [-0.25, -0.2) is 4.98 Å². The maximum Gasteiger partial charge on any atom is 0.191 e. The van der Waals surface area contributed by atoms with Gasteiger partial charge in [-0.05, 0) is 31.9 Å². The van der Waals surface area contributed by atoms with Crippen molar-refractivity contribution in [2.24, 2.45) is 10.9 Å². The molecule has 0 spiro atoms. The fourth-order valence-electron chi connectivity index (χ4n) is 3.09. The van der Waals surface area contributed by atoms with Crippen LogP contribution in [0.3, 0.4) is 0 Å². The number of para-hydroxylation sites is 2. The van der Waals surface area contributed by atoms with E-state index in [4.69, 9.17) is 9.47 Å². The number of rotatable bonds is 10. The van der Waals surface area contributed by atoms with Gasteiger partial charge in [-0.15, -0.1) is 0 Å². The SMILES string of the molecule is CCNC(=NCCCOCC1CCOC1)NCCc1nc2ccccc2[nH]1. The van der Waals surface area contributed by atoms with E-state index in [1.165, 1.54) is 0 Å². The Kier molecular flexibility index (Phi) is 7.92. The van der Waals surface area contributed by atoms with Crippen LogP contribution in [0.2, 0.25) is 0 Å². The molecule has 0 aliphatic carbocycles. The van der Waals surface area contributed by atoms with E-state index in [0.717, 1.165) is 88.1 Å². The van der Waals surface area contributed by atoms with E-state index in [-0.39, 0.29) is 0 Å². The van der Waals surface area contributed by atoms with E-state index >= 15 is 0 Å². The van der Waals surface area contributed by atoms with Gasteiger partial charge in [-0.3, -0.25) is 4.99 Å². The number of ether oxygens (including phenoxy) is 2. The van der Waals surface area contributed by atoms with Crippen LogP contribution in [0.25, 0.3) is 11.0 Å². The van der Waals surface area contributed by atoms with Crippen LogP contribution in [-0.4, -0.2) is 62.0 Å². The zero-order valence-corrected chi connectivity index (χ0v) is 16.2. The zero-order chi connectivity index (χ0) is 18.7. The highest BCUT2D eigenvalue weighted by Gasteiger charge is 2.15. The Labute approximate surface area is 161 Å². The lowest BCUT2D eigenvalue weighted by Gasteiger charge is -2.11. The van der Waals surface area contributed by atoms with E-state index in [2.05, 4.69) is 32.5 Å². The minimum atomic E-state index is 0.575. The Balaban J connectivity index is 1.34. The third kappa shape index (κ3) is 6.52. The summed E-state index contributed by atoms with van der Waals surface area (Å²) in [5, 5.41) is 6.65. The fourth-order valence-corrected chi connectivity index (χ4v) is 3.09. The van der Waals surface area contributed by atoms with E-state index in [1.54, 1.807) is 0 Å². The van der Waals surface area contributed by atoms with Crippen molar-refractivity contribution in [3.8, 4) is 0 Å². The molecule has 1 aromatic carbocycles. The first-order chi connectivity index (χ1) is 13.3. The van der Waals surface area contributed by atoms with Gasteiger partial charge in [0.05, 0.1) is 24.2 Å². The highest BCUT2D eigenvalue weighted by molar-refractivity contribution is 5.79. The summed E-state index contributed by atoms with van der Waals surface area (Å²) in [5.41, 5.74) is 2.09. The first-order valence-corrected chi connectivity index (χ1v) is 9.96. The van der Waals surface area contributed by atoms with Crippen LogP contribution in [0.4, 0.5) is 0 Å². The molecule has 0 amide bonds. The lowest BCUT2D eigenvalue weighted by Crippen LogP contribution is -2.38. The summed E-state index contributed by atoms with van der Waals surface area (Å²) in [6.45, 7) is 7.72. The van der Waals surface area contributed by atoms with Crippen molar-refractivity contribution in [1.82, 2.24) is 20.6 Å². The standard InChI is InChI=1S/C20H31N5O2/c1-2-21-20(22-10-5-12-26-14-16-9-13-27-15-16)23-11-8-19-24-17-6-3-4-7-18(17)25-19/h3-4,6-7,16H,2,5,8-15H2,1H3,(H,24,25)(H2,21,22,23).